The summed E-state index contributed by atoms with van der Waals surface area (Å²) in [7, 11) is 0. The number of rotatable bonds is 5. The molecule has 6 nitrogen and oxygen atoms in total. The fourth-order valence-corrected chi connectivity index (χ4v) is 9.92. The third-order valence-electron chi connectivity index (χ3n) is 12.6. The van der Waals surface area contributed by atoms with E-state index >= 15 is 0 Å². The van der Waals surface area contributed by atoms with Gasteiger partial charge in [0.25, 0.3) is 0 Å². The predicted octanol–water partition coefficient (Wildman–Crippen LogP) is 13.6. The first-order valence-corrected chi connectivity index (χ1v) is 21.1. The molecule has 0 unspecified atom stereocenters. The molecule has 0 aliphatic carbocycles. The van der Waals surface area contributed by atoms with Crippen LogP contribution in [0.3, 0.4) is 0 Å². The molecule has 4 aliphatic rings. The smallest absolute Gasteiger partial charge is 0.0896 e. The second kappa shape index (κ2) is 14.6. The quantitative estimate of drug-likeness (QED) is 0.162. The largest absolute Gasteiger partial charge is 0.377 e. The number of aromatic amines is 2. The van der Waals surface area contributed by atoms with E-state index in [2.05, 4.69) is 203 Å². The number of nitrogens with zero attached hydrogens (tertiary/aromatic N) is 2. The molecule has 5 aromatic carbocycles. The molecule has 1 saturated heterocycles. The maximum atomic E-state index is 6.57. The van der Waals surface area contributed by atoms with E-state index in [1.54, 1.807) is 0 Å². The predicted molar refractivity (Wildman–Crippen MR) is 250 cm³/mol. The Kier molecular flexibility index (Phi) is 8.49. The highest BCUT2D eigenvalue weighted by Crippen LogP contribution is 2.52. The van der Waals surface area contributed by atoms with Gasteiger partial charge in [-0.25, -0.2) is 9.97 Å². The van der Waals surface area contributed by atoms with Gasteiger partial charge in [-0.1, -0.05) is 140 Å². The molecule has 0 spiro atoms. The first kappa shape index (κ1) is 35.4. The second-order valence-electron chi connectivity index (χ2n) is 16.1. The summed E-state index contributed by atoms with van der Waals surface area (Å²) in [6.07, 6.45) is 9.64. The molecule has 292 valence electrons. The zero-order valence-corrected chi connectivity index (χ0v) is 33.3. The van der Waals surface area contributed by atoms with Crippen LogP contribution in [0.4, 0.5) is 5.69 Å². The molecule has 0 radical (unpaired) electrons. The third-order valence-corrected chi connectivity index (χ3v) is 12.6. The van der Waals surface area contributed by atoms with Gasteiger partial charge in [0.15, 0.2) is 0 Å². The van der Waals surface area contributed by atoms with Crippen molar-refractivity contribution in [1.29, 1.82) is 0 Å². The zero-order chi connectivity index (χ0) is 40.3. The van der Waals surface area contributed by atoms with Crippen LogP contribution in [0.2, 0.25) is 0 Å². The van der Waals surface area contributed by atoms with E-state index in [4.69, 9.17) is 14.7 Å². The number of anilines is 1. The minimum absolute atomic E-state index is 0.00330. The summed E-state index contributed by atoms with van der Waals surface area (Å²) in [4.78, 5) is 19.1. The van der Waals surface area contributed by atoms with Gasteiger partial charge in [0.1, 0.15) is 0 Å². The second-order valence-corrected chi connectivity index (χ2v) is 16.1. The summed E-state index contributed by atoms with van der Waals surface area (Å²) < 4.78 is 6.57. The number of para-hydroxylation sites is 1. The maximum Gasteiger partial charge on any atom is 0.0896 e. The minimum atomic E-state index is -0.0423. The SMILES string of the molecule is C1=Cc2nc1c(-c1ccccc1)c1ccc([nH]1)c(-c1ccccc1)c1nc(c(-c3ccccc3)c3[nH]c(cc3[C@H]3Nc4ccccc4[C@@H]4OCC[C@H]34)c2-c2ccccc2)C=C1. The Labute approximate surface area is 354 Å². The Balaban J connectivity index is 1.27. The average Bonchev–Trinajstić information content (AvgIpc) is 4.18. The normalized spacial score (nSPS) is 17.5. The maximum absolute atomic E-state index is 6.57. The Morgan fingerprint density at radius 3 is 1.44 bits per heavy atom. The van der Waals surface area contributed by atoms with E-state index in [0.717, 1.165) is 108 Å². The first-order valence-electron chi connectivity index (χ1n) is 21.1. The molecular formula is C55H41N5O. The summed E-state index contributed by atoms with van der Waals surface area (Å²) in [6.45, 7) is 0.720. The Morgan fingerprint density at radius 2 is 0.902 bits per heavy atom. The molecule has 7 heterocycles. The van der Waals surface area contributed by atoms with Crippen LogP contribution in [-0.4, -0.2) is 26.5 Å². The number of aromatic nitrogens is 4. The van der Waals surface area contributed by atoms with Crippen molar-refractivity contribution >= 4 is 52.1 Å². The third kappa shape index (κ3) is 6.06. The van der Waals surface area contributed by atoms with Crippen LogP contribution < -0.4 is 5.32 Å². The van der Waals surface area contributed by atoms with Gasteiger partial charge in [-0.3, -0.25) is 0 Å². The molecule has 0 saturated carbocycles. The number of hydrogen-bond acceptors (Lipinski definition) is 4. The van der Waals surface area contributed by atoms with Crippen molar-refractivity contribution in [3.05, 3.63) is 198 Å². The fraction of sp³-hybridized carbons (Fsp3) is 0.0909. The van der Waals surface area contributed by atoms with Crippen molar-refractivity contribution < 1.29 is 4.74 Å². The van der Waals surface area contributed by atoms with Crippen LogP contribution in [0.15, 0.2) is 164 Å². The molecule has 61 heavy (non-hydrogen) atoms. The lowest BCUT2D eigenvalue weighted by Crippen LogP contribution is -2.29. The molecule has 0 amide bonds. The van der Waals surface area contributed by atoms with Gasteiger partial charge in [0.05, 0.1) is 40.4 Å². The summed E-state index contributed by atoms with van der Waals surface area (Å²) in [5.41, 5.74) is 19.5. The van der Waals surface area contributed by atoms with Gasteiger partial charge in [0, 0.05) is 68.1 Å². The lowest BCUT2D eigenvalue weighted by molar-refractivity contribution is 0.0831. The van der Waals surface area contributed by atoms with Crippen LogP contribution >= 0.6 is 0 Å². The average molecular weight is 788 g/mol. The van der Waals surface area contributed by atoms with Gasteiger partial charge < -0.3 is 20.0 Å². The molecule has 6 heteroatoms. The molecule has 3 aromatic heterocycles. The van der Waals surface area contributed by atoms with Gasteiger partial charge in [-0.2, -0.15) is 0 Å². The molecular weight excluding hydrogens is 747 g/mol. The van der Waals surface area contributed by atoms with Crippen LogP contribution in [0.5, 0.6) is 0 Å². The van der Waals surface area contributed by atoms with Gasteiger partial charge in [-0.15, -0.1) is 0 Å². The van der Waals surface area contributed by atoms with Crippen molar-refractivity contribution in [3.8, 4) is 44.5 Å². The van der Waals surface area contributed by atoms with E-state index in [0.29, 0.717) is 0 Å². The highest BCUT2D eigenvalue weighted by Gasteiger charge is 2.42. The van der Waals surface area contributed by atoms with E-state index in [9.17, 15) is 0 Å². The molecule has 4 aliphatic heterocycles. The summed E-state index contributed by atoms with van der Waals surface area (Å²) in [5.74, 6) is 0.221. The lowest BCUT2D eigenvalue weighted by Gasteiger charge is -2.36. The molecule has 3 N–H and O–H groups in total. The van der Waals surface area contributed by atoms with Gasteiger partial charge in [0.2, 0.25) is 0 Å². The first-order chi connectivity index (χ1) is 30.2. The lowest BCUT2D eigenvalue weighted by atomic mass is 9.80. The molecule has 3 atom stereocenters. The van der Waals surface area contributed by atoms with Crippen molar-refractivity contribution in [1.82, 2.24) is 19.9 Å². The Bertz CT molecular complexity index is 3200. The van der Waals surface area contributed by atoms with E-state index in [1.165, 1.54) is 11.1 Å². The van der Waals surface area contributed by atoms with E-state index in [1.807, 2.05) is 0 Å². The number of benzene rings is 5. The zero-order valence-electron chi connectivity index (χ0n) is 33.3. The number of fused-ring (bicyclic) bond motifs is 11. The molecule has 12 rings (SSSR count). The summed E-state index contributed by atoms with van der Waals surface area (Å²) in [5, 5.41) is 4.04. The van der Waals surface area contributed by atoms with E-state index < -0.39 is 0 Å². The number of H-pyrrole nitrogens is 2. The van der Waals surface area contributed by atoms with Crippen LogP contribution in [0, 0.1) is 5.92 Å². The van der Waals surface area contributed by atoms with Crippen molar-refractivity contribution in [2.45, 2.75) is 18.6 Å². The Morgan fingerprint density at radius 1 is 0.443 bits per heavy atom. The van der Waals surface area contributed by atoms with E-state index in [-0.39, 0.29) is 18.1 Å². The van der Waals surface area contributed by atoms with Crippen LogP contribution in [0.1, 0.15) is 52.5 Å². The molecule has 8 aromatic rings. The monoisotopic (exact) mass is 787 g/mol. The van der Waals surface area contributed by atoms with Crippen molar-refractivity contribution in [3.63, 3.8) is 0 Å². The van der Waals surface area contributed by atoms with Crippen molar-refractivity contribution in [2.24, 2.45) is 5.92 Å². The number of ether oxygens (including phenoxy) is 1. The molecule has 1 fully saturated rings. The highest BCUT2D eigenvalue weighted by atomic mass is 16.5. The minimum Gasteiger partial charge on any atom is -0.377 e. The van der Waals surface area contributed by atoms with Crippen molar-refractivity contribution in [2.75, 3.05) is 11.9 Å². The fourth-order valence-electron chi connectivity index (χ4n) is 9.92. The summed E-state index contributed by atoms with van der Waals surface area (Å²) >= 11 is 0. The molecule has 8 bridgehead atoms. The Hall–Kier alpha value is -7.54. The summed E-state index contributed by atoms with van der Waals surface area (Å²) in [6, 6.07) is 57.8. The number of hydrogen-bond donors (Lipinski definition) is 3. The topological polar surface area (TPSA) is 78.6 Å². The van der Waals surface area contributed by atoms with Gasteiger partial charge in [-0.05, 0) is 77.2 Å². The van der Waals surface area contributed by atoms with Gasteiger partial charge >= 0.3 is 0 Å². The highest BCUT2D eigenvalue weighted by molar-refractivity contribution is 6.00. The number of nitrogens with one attached hydrogen (secondary N) is 3. The van der Waals surface area contributed by atoms with Crippen LogP contribution in [-0.2, 0) is 4.74 Å². The van der Waals surface area contributed by atoms with Crippen LogP contribution in [0.25, 0.3) is 90.9 Å². The standard InChI is InChI=1S/C55H41N5O/c1-5-15-34(16-6-1)49-42-25-26-43(56-42)50(35-17-7-2-8-18-35)45-29-30-47(58-45)52(37-21-11-4-12-22-37)54-40(53-39-31-32-61-55(39)38-23-13-14-24-41(38)59-53)33-48(60-54)51(36-19-9-3-10-20-36)46-28-27-44(49)57-46/h1-30,33,39,53,55-56,59-60H,31-32H2/t39-,53+,55+/m1/s1.